The summed E-state index contributed by atoms with van der Waals surface area (Å²) in [5, 5.41) is 14.1. The van der Waals surface area contributed by atoms with Crippen LogP contribution in [0.2, 0.25) is 0 Å². The van der Waals surface area contributed by atoms with Gasteiger partial charge in [0.1, 0.15) is 5.82 Å². The lowest BCUT2D eigenvalue weighted by Crippen LogP contribution is -2.39. The van der Waals surface area contributed by atoms with E-state index in [9.17, 15) is 10.1 Å². The predicted molar refractivity (Wildman–Crippen MR) is 80.3 cm³/mol. The van der Waals surface area contributed by atoms with Gasteiger partial charge < -0.3 is 10.2 Å². The number of hydrogen-bond donors (Lipinski definition) is 1. The topological polar surface area (TPSA) is 71.3 Å². The van der Waals surface area contributed by atoms with Crippen molar-refractivity contribution in [3.63, 3.8) is 0 Å². The van der Waals surface area contributed by atoms with Crippen molar-refractivity contribution in [1.29, 1.82) is 0 Å². The van der Waals surface area contributed by atoms with E-state index in [2.05, 4.69) is 24.1 Å². The summed E-state index contributed by atoms with van der Waals surface area (Å²) in [6.07, 6.45) is 3.24. The first-order valence-corrected chi connectivity index (χ1v) is 7.07. The van der Waals surface area contributed by atoms with Gasteiger partial charge in [-0.15, -0.1) is 0 Å². The largest absolute Gasteiger partial charge is 0.373 e. The van der Waals surface area contributed by atoms with Gasteiger partial charge in [-0.25, -0.2) is 4.98 Å². The molecule has 0 aliphatic carbocycles. The Bertz CT molecular complexity index is 496. The number of hydrogen-bond acceptors (Lipinski definition) is 5. The second-order valence-electron chi connectivity index (χ2n) is 5.70. The lowest BCUT2D eigenvalue weighted by atomic mass is 9.78. The molecule has 1 aliphatic heterocycles. The second kappa shape index (κ2) is 5.64. The minimum absolute atomic E-state index is 0.0871. The maximum atomic E-state index is 11.2. The Morgan fingerprint density at radius 1 is 1.45 bits per heavy atom. The van der Waals surface area contributed by atoms with Crippen LogP contribution < -0.4 is 10.2 Å². The average molecular weight is 278 g/mol. The molecule has 0 aromatic carbocycles. The van der Waals surface area contributed by atoms with E-state index >= 15 is 0 Å². The first-order chi connectivity index (χ1) is 9.49. The molecule has 110 valence electrons. The molecule has 6 heteroatoms. The van der Waals surface area contributed by atoms with E-state index < -0.39 is 0 Å². The van der Waals surface area contributed by atoms with Crippen LogP contribution >= 0.6 is 0 Å². The highest BCUT2D eigenvalue weighted by Gasteiger charge is 2.31. The van der Waals surface area contributed by atoms with Gasteiger partial charge >= 0.3 is 5.69 Å². The highest BCUT2D eigenvalue weighted by molar-refractivity contribution is 5.62. The van der Waals surface area contributed by atoms with E-state index in [1.54, 1.807) is 13.1 Å². The van der Waals surface area contributed by atoms with Crippen molar-refractivity contribution in [1.82, 2.24) is 4.98 Å². The van der Waals surface area contributed by atoms with Crippen molar-refractivity contribution in [2.45, 2.75) is 33.1 Å². The van der Waals surface area contributed by atoms with Gasteiger partial charge in [0, 0.05) is 26.2 Å². The molecule has 1 N–H and O–H groups in total. The first kappa shape index (κ1) is 14.6. The normalized spacial score (nSPS) is 17.9. The molecule has 1 fully saturated rings. The molecule has 2 heterocycles. The van der Waals surface area contributed by atoms with Crippen LogP contribution in [0.4, 0.5) is 17.3 Å². The van der Waals surface area contributed by atoms with Crippen LogP contribution in [0.1, 0.15) is 33.1 Å². The van der Waals surface area contributed by atoms with E-state index in [1.165, 1.54) is 6.07 Å². The molecule has 0 bridgehead atoms. The van der Waals surface area contributed by atoms with Gasteiger partial charge in [-0.3, -0.25) is 10.1 Å². The van der Waals surface area contributed by atoms with Crippen LogP contribution in [0, 0.1) is 15.5 Å². The Kier molecular flexibility index (Phi) is 4.11. The SMILES string of the molecule is CCC1(C)CCN(c2nc(NC)ccc2[N+](=O)[O-])CC1. The Labute approximate surface area is 119 Å². The van der Waals surface area contributed by atoms with Gasteiger partial charge in [0.2, 0.25) is 5.82 Å². The minimum atomic E-state index is -0.352. The van der Waals surface area contributed by atoms with Crippen molar-refractivity contribution in [2.24, 2.45) is 5.41 Å². The van der Waals surface area contributed by atoms with Gasteiger partial charge in [-0.05, 0) is 24.3 Å². The number of aromatic nitrogens is 1. The lowest BCUT2D eigenvalue weighted by Gasteiger charge is -2.39. The fourth-order valence-corrected chi connectivity index (χ4v) is 2.57. The quantitative estimate of drug-likeness (QED) is 0.677. The number of nitrogens with zero attached hydrogens (tertiary/aromatic N) is 3. The number of pyridine rings is 1. The molecule has 0 saturated carbocycles. The summed E-state index contributed by atoms with van der Waals surface area (Å²) in [6.45, 7) is 6.14. The number of anilines is 2. The monoisotopic (exact) mass is 278 g/mol. The molecular weight excluding hydrogens is 256 g/mol. The van der Waals surface area contributed by atoms with Crippen LogP contribution in [0.25, 0.3) is 0 Å². The van der Waals surface area contributed by atoms with Gasteiger partial charge in [0.25, 0.3) is 0 Å². The lowest BCUT2D eigenvalue weighted by molar-refractivity contribution is -0.384. The summed E-state index contributed by atoms with van der Waals surface area (Å²) in [5.74, 6) is 1.15. The molecule has 0 amide bonds. The van der Waals surface area contributed by atoms with Crippen molar-refractivity contribution >= 4 is 17.3 Å². The molecule has 1 saturated heterocycles. The average Bonchev–Trinajstić information content (AvgIpc) is 2.47. The summed E-state index contributed by atoms with van der Waals surface area (Å²) in [6, 6.07) is 3.17. The number of piperidine rings is 1. The molecule has 0 atom stereocenters. The number of nitrogens with one attached hydrogen (secondary N) is 1. The Balaban J connectivity index is 2.26. The Morgan fingerprint density at radius 3 is 2.60 bits per heavy atom. The molecule has 0 spiro atoms. The fourth-order valence-electron chi connectivity index (χ4n) is 2.57. The molecule has 0 radical (unpaired) electrons. The third kappa shape index (κ3) is 2.84. The smallest absolute Gasteiger partial charge is 0.311 e. The molecule has 1 aliphatic rings. The molecule has 1 aromatic rings. The summed E-state index contributed by atoms with van der Waals surface area (Å²) in [4.78, 5) is 17.2. The minimum Gasteiger partial charge on any atom is -0.373 e. The van der Waals surface area contributed by atoms with Gasteiger partial charge in [0.15, 0.2) is 0 Å². The highest BCUT2D eigenvalue weighted by Crippen LogP contribution is 2.37. The van der Waals surface area contributed by atoms with Crippen molar-refractivity contribution in [3.8, 4) is 0 Å². The zero-order valence-corrected chi connectivity index (χ0v) is 12.3. The van der Waals surface area contributed by atoms with E-state index in [4.69, 9.17) is 0 Å². The summed E-state index contributed by atoms with van der Waals surface area (Å²) >= 11 is 0. The van der Waals surface area contributed by atoms with Crippen LogP contribution in [-0.2, 0) is 0 Å². The van der Waals surface area contributed by atoms with Crippen LogP contribution in [-0.4, -0.2) is 30.0 Å². The van der Waals surface area contributed by atoms with Crippen LogP contribution in [0.5, 0.6) is 0 Å². The highest BCUT2D eigenvalue weighted by atomic mass is 16.6. The van der Waals surface area contributed by atoms with E-state index in [0.29, 0.717) is 17.1 Å². The van der Waals surface area contributed by atoms with Crippen molar-refractivity contribution in [2.75, 3.05) is 30.4 Å². The summed E-state index contributed by atoms with van der Waals surface area (Å²) in [5.41, 5.74) is 0.440. The van der Waals surface area contributed by atoms with Crippen molar-refractivity contribution < 1.29 is 4.92 Å². The number of rotatable bonds is 4. The second-order valence-corrected chi connectivity index (χ2v) is 5.70. The zero-order valence-electron chi connectivity index (χ0n) is 12.3. The maximum absolute atomic E-state index is 11.2. The van der Waals surface area contributed by atoms with Crippen LogP contribution in [0.3, 0.4) is 0 Å². The Morgan fingerprint density at radius 2 is 2.10 bits per heavy atom. The fraction of sp³-hybridized carbons (Fsp3) is 0.643. The Hall–Kier alpha value is -1.85. The number of nitro groups is 1. The molecule has 2 rings (SSSR count). The predicted octanol–water partition coefficient (Wildman–Crippen LogP) is 3.05. The molecule has 6 nitrogen and oxygen atoms in total. The maximum Gasteiger partial charge on any atom is 0.311 e. The van der Waals surface area contributed by atoms with Gasteiger partial charge in [-0.1, -0.05) is 20.3 Å². The molecule has 20 heavy (non-hydrogen) atoms. The molecule has 1 aromatic heterocycles. The van der Waals surface area contributed by atoms with Gasteiger partial charge in [-0.2, -0.15) is 0 Å². The van der Waals surface area contributed by atoms with E-state index in [0.717, 1.165) is 32.4 Å². The third-order valence-corrected chi connectivity index (χ3v) is 4.43. The van der Waals surface area contributed by atoms with Gasteiger partial charge in [0.05, 0.1) is 4.92 Å². The third-order valence-electron chi connectivity index (χ3n) is 4.43. The first-order valence-electron chi connectivity index (χ1n) is 7.07. The summed E-state index contributed by atoms with van der Waals surface area (Å²) in [7, 11) is 1.77. The van der Waals surface area contributed by atoms with E-state index in [-0.39, 0.29) is 10.6 Å². The van der Waals surface area contributed by atoms with E-state index in [1.807, 2.05) is 4.90 Å². The molecule has 0 unspecified atom stereocenters. The van der Waals surface area contributed by atoms with Crippen molar-refractivity contribution in [3.05, 3.63) is 22.2 Å². The van der Waals surface area contributed by atoms with Crippen LogP contribution in [0.15, 0.2) is 12.1 Å². The summed E-state index contributed by atoms with van der Waals surface area (Å²) < 4.78 is 0. The zero-order chi connectivity index (χ0) is 14.8. The molecular formula is C14H22N4O2. The standard InChI is InChI=1S/C14H22N4O2/c1-4-14(2)7-9-17(10-8-14)13-11(18(19)20)5-6-12(15-3)16-13/h5-6H,4,7-10H2,1-3H3,(H,15,16).